The number of hydrogen-bond acceptors (Lipinski definition) is 1. The Morgan fingerprint density at radius 3 is 2.81 bits per heavy atom. The summed E-state index contributed by atoms with van der Waals surface area (Å²) in [5.41, 5.74) is 1.38. The zero-order valence-corrected chi connectivity index (χ0v) is 9.84. The fourth-order valence-corrected chi connectivity index (χ4v) is 2.31. The van der Waals surface area contributed by atoms with Gasteiger partial charge in [0.2, 0.25) is 0 Å². The van der Waals surface area contributed by atoms with Crippen molar-refractivity contribution in [1.82, 2.24) is 4.90 Å². The van der Waals surface area contributed by atoms with E-state index in [4.69, 9.17) is 0 Å². The van der Waals surface area contributed by atoms with Crippen LogP contribution in [0.5, 0.6) is 0 Å². The van der Waals surface area contributed by atoms with E-state index in [1.807, 2.05) is 6.08 Å². The highest BCUT2D eigenvalue weighted by molar-refractivity contribution is 5.20. The van der Waals surface area contributed by atoms with Crippen LogP contribution in [0.2, 0.25) is 0 Å². The molecule has 2 atom stereocenters. The molecule has 0 saturated heterocycles. The molecule has 1 aromatic carbocycles. The normalized spacial score (nSPS) is 22.9. The van der Waals surface area contributed by atoms with E-state index in [2.05, 4.69) is 60.9 Å². The highest BCUT2D eigenvalue weighted by Crippen LogP contribution is 2.25. The molecular weight excluding hydrogens is 194 g/mol. The van der Waals surface area contributed by atoms with Gasteiger partial charge in [-0.2, -0.15) is 0 Å². The summed E-state index contributed by atoms with van der Waals surface area (Å²) in [6.07, 6.45) is 7.66. The van der Waals surface area contributed by atoms with Gasteiger partial charge in [-0.25, -0.2) is 0 Å². The first-order valence-electron chi connectivity index (χ1n) is 5.93. The molecule has 1 heteroatoms. The minimum absolute atomic E-state index is 0.379. The molecule has 2 rings (SSSR count). The lowest BCUT2D eigenvalue weighted by Gasteiger charge is -2.35. The number of rotatable bonds is 3. The Bertz CT molecular complexity index is 366. The highest BCUT2D eigenvalue weighted by Gasteiger charge is 2.21. The van der Waals surface area contributed by atoms with E-state index in [1.54, 1.807) is 0 Å². The van der Waals surface area contributed by atoms with Crippen molar-refractivity contribution in [3.63, 3.8) is 0 Å². The maximum absolute atomic E-state index is 3.92. The summed E-state index contributed by atoms with van der Waals surface area (Å²) in [6, 6.07) is 11.5. The van der Waals surface area contributed by atoms with Gasteiger partial charge >= 0.3 is 0 Å². The summed E-state index contributed by atoms with van der Waals surface area (Å²) in [7, 11) is 0. The van der Waals surface area contributed by atoms with Crippen molar-refractivity contribution in [3.05, 3.63) is 60.7 Å². The van der Waals surface area contributed by atoms with E-state index in [0.717, 1.165) is 13.0 Å². The molecule has 0 aromatic heterocycles. The molecule has 0 N–H and O–H groups in total. The molecule has 0 bridgehead atoms. The first-order chi connectivity index (χ1) is 7.83. The second kappa shape index (κ2) is 5.13. The molecule has 0 aliphatic carbocycles. The lowest BCUT2D eigenvalue weighted by atomic mass is 10.0. The molecule has 16 heavy (non-hydrogen) atoms. The Hall–Kier alpha value is -1.34. The molecule has 1 nitrogen and oxygen atoms in total. The van der Waals surface area contributed by atoms with Crippen LogP contribution in [0.1, 0.15) is 24.9 Å². The molecule has 1 aromatic rings. The van der Waals surface area contributed by atoms with E-state index in [9.17, 15) is 0 Å². The van der Waals surface area contributed by atoms with Crippen molar-refractivity contribution in [3.8, 4) is 0 Å². The lowest BCUT2D eigenvalue weighted by Crippen LogP contribution is -2.37. The molecule has 0 radical (unpaired) electrons. The fraction of sp³-hybridized carbons (Fsp3) is 0.333. The monoisotopic (exact) mass is 213 g/mol. The minimum Gasteiger partial charge on any atom is -0.286 e. The Balaban J connectivity index is 2.18. The Morgan fingerprint density at radius 2 is 2.12 bits per heavy atom. The van der Waals surface area contributed by atoms with Crippen LogP contribution in [0, 0.1) is 0 Å². The largest absolute Gasteiger partial charge is 0.286 e. The summed E-state index contributed by atoms with van der Waals surface area (Å²) < 4.78 is 0. The van der Waals surface area contributed by atoms with Gasteiger partial charge in [-0.05, 0) is 18.9 Å². The van der Waals surface area contributed by atoms with E-state index < -0.39 is 0 Å². The molecule has 0 spiro atoms. The summed E-state index contributed by atoms with van der Waals surface area (Å²) in [6.45, 7) is 7.30. The van der Waals surface area contributed by atoms with Crippen LogP contribution < -0.4 is 0 Å². The minimum atomic E-state index is 0.379. The quantitative estimate of drug-likeness (QED) is 0.694. The molecule has 0 fully saturated rings. The molecule has 84 valence electrons. The molecule has 0 unspecified atom stereocenters. The van der Waals surface area contributed by atoms with Crippen molar-refractivity contribution in [1.29, 1.82) is 0 Å². The summed E-state index contributed by atoms with van der Waals surface area (Å²) >= 11 is 0. The molecule has 1 heterocycles. The zero-order valence-electron chi connectivity index (χ0n) is 9.84. The van der Waals surface area contributed by atoms with Crippen LogP contribution in [-0.4, -0.2) is 17.5 Å². The third kappa shape index (κ3) is 2.25. The third-order valence-corrected chi connectivity index (χ3v) is 3.29. The first-order valence-corrected chi connectivity index (χ1v) is 5.93. The third-order valence-electron chi connectivity index (χ3n) is 3.29. The van der Waals surface area contributed by atoms with Crippen molar-refractivity contribution in [2.45, 2.75) is 25.4 Å². The van der Waals surface area contributed by atoms with Gasteiger partial charge in [-0.3, -0.25) is 4.90 Å². The molecule has 0 amide bonds. The molecule has 0 saturated carbocycles. The van der Waals surface area contributed by atoms with E-state index >= 15 is 0 Å². The van der Waals surface area contributed by atoms with Gasteiger partial charge in [0.1, 0.15) is 0 Å². The van der Waals surface area contributed by atoms with Gasteiger partial charge in [-0.15, -0.1) is 6.58 Å². The van der Waals surface area contributed by atoms with Gasteiger partial charge in [0, 0.05) is 18.6 Å². The van der Waals surface area contributed by atoms with E-state index in [1.165, 1.54) is 5.56 Å². The smallest absolute Gasteiger partial charge is 0.0465 e. The zero-order chi connectivity index (χ0) is 11.4. The van der Waals surface area contributed by atoms with Crippen LogP contribution in [-0.2, 0) is 0 Å². The van der Waals surface area contributed by atoms with Gasteiger partial charge in [0.25, 0.3) is 0 Å². The Morgan fingerprint density at radius 1 is 1.38 bits per heavy atom. The average molecular weight is 213 g/mol. The van der Waals surface area contributed by atoms with Crippen LogP contribution in [0.3, 0.4) is 0 Å². The number of benzene rings is 1. The average Bonchev–Trinajstić information content (AvgIpc) is 2.39. The second-order valence-electron chi connectivity index (χ2n) is 4.27. The Labute approximate surface area is 98.1 Å². The van der Waals surface area contributed by atoms with Gasteiger partial charge in [0.05, 0.1) is 0 Å². The van der Waals surface area contributed by atoms with Crippen LogP contribution in [0.25, 0.3) is 0 Å². The number of nitrogens with zero attached hydrogens (tertiary/aromatic N) is 1. The van der Waals surface area contributed by atoms with Gasteiger partial charge in [0.15, 0.2) is 0 Å². The van der Waals surface area contributed by atoms with Gasteiger partial charge in [-0.1, -0.05) is 48.6 Å². The highest BCUT2D eigenvalue weighted by atomic mass is 15.2. The molecule has 1 aliphatic heterocycles. The predicted molar refractivity (Wildman–Crippen MR) is 69.3 cm³/mol. The topological polar surface area (TPSA) is 3.24 Å². The van der Waals surface area contributed by atoms with Crippen molar-refractivity contribution in [2.24, 2.45) is 0 Å². The van der Waals surface area contributed by atoms with Crippen LogP contribution in [0.15, 0.2) is 55.1 Å². The maximum Gasteiger partial charge on any atom is 0.0465 e. The Kier molecular flexibility index (Phi) is 3.58. The van der Waals surface area contributed by atoms with Crippen molar-refractivity contribution < 1.29 is 0 Å². The number of hydrogen-bond donors (Lipinski definition) is 0. The van der Waals surface area contributed by atoms with E-state index in [0.29, 0.717) is 12.1 Å². The van der Waals surface area contributed by atoms with Crippen LogP contribution >= 0.6 is 0 Å². The maximum atomic E-state index is 3.92. The molecule has 1 aliphatic rings. The summed E-state index contributed by atoms with van der Waals surface area (Å²) in [4.78, 5) is 2.49. The predicted octanol–water partition coefficient (Wildman–Crippen LogP) is 3.56. The van der Waals surface area contributed by atoms with Crippen LogP contribution in [0.4, 0.5) is 0 Å². The fourth-order valence-electron chi connectivity index (χ4n) is 2.31. The van der Waals surface area contributed by atoms with Gasteiger partial charge < -0.3 is 0 Å². The summed E-state index contributed by atoms with van der Waals surface area (Å²) in [5, 5.41) is 0. The van der Waals surface area contributed by atoms with Crippen molar-refractivity contribution in [2.75, 3.05) is 6.54 Å². The first kappa shape index (κ1) is 11.2. The van der Waals surface area contributed by atoms with Crippen molar-refractivity contribution >= 4 is 0 Å². The lowest BCUT2D eigenvalue weighted by molar-refractivity contribution is 0.192. The van der Waals surface area contributed by atoms with E-state index in [-0.39, 0.29) is 0 Å². The summed E-state index contributed by atoms with van der Waals surface area (Å²) in [5.74, 6) is 0. The standard InChI is InChI=1S/C15H19N/c1-3-15-11-7-8-12-16(15)13(2)14-9-5-4-6-10-14/h3-7,9-11,13,15H,1,8,12H2,2H3/t13-,15+/m1/s1. The second-order valence-corrected chi connectivity index (χ2v) is 4.27. The SMILES string of the molecule is C=C[C@H]1C=CCCN1[C@H](C)c1ccccc1. The molecular formula is C15H19N.